The van der Waals surface area contributed by atoms with Crippen molar-refractivity contribution in [2.45, 2.75) is 25.8 Å². The molecule has 8 heteroatoms. The van der Waals surface area contributed by atoms with E-state index >= 15 is 0 Å². The van der Waals surface area contributed by atoms with E-state index in [9.17, 15) is 9.18 Å². The van der Waals surface area contributed by atoms with Crippen LogP contribution in [0.25, 0.3) is 22.0 Å². The van der Waals surface area contributed by atoms with Crippen molar-refractivity contribution in [1.29, 1.82) is 0 Å². The molecule has 1 saturated heterocycles. The van der Waals surface area contributed by atoms with Crippen LogP contribution >= 0.6 is 0 Å². The number of para-hydroxylation sites is 1. The molecule has 2 aliphatic rings. The summed E-state index contributed by atoms with van der Waals surface area (Å²) in [5, 5.41) is 4.44. The van der Waals surface area contributed by atoms with Gasteiger partial charge in [-0.15, -0.1) is 0 Å². The standard InChI is InChI=1S/C29H27FN4O3/c1-18-24-17-20(23-3-2-4-26-27(23)37-16-15-36-26)7-10-25(24)33-29(31-18)32-22-11-13-34(14-12-22)28(35)19-5-8-21(30)9-6-19/h2-10,17,22H,11-16H2,1H3,(H,31,32,33). The van der Waals surface area contributed by atoms with E-state index in [1.54, 1.807) is 0 Å². The number of ether oxygens (including phenoxy) is 2. The fourth-order valence-corrected chi connectivity index (χ4v) is 5.00. The molecule has 0 bridgehead atoms. The molecule has 3 aromatic carbocycles. The fourth-order valence-electron chi connectivity index (χ4n) is 5.00. The van der Waals surface area contributed by atoms with E-state index in [-0.39, 0.29) is 17.8 Å². The minimum Gasteiger partial charge on any atom is -0.486 e. The highest BCUT2D eigenvalue weighted by Crippen LogP contribution is 2.40. The summed E-state index contributed by atoms with van der Waals surface area (Å²) in [4.78, 5) is 24.0. The Labute approximate surface area is 214 Å². The molecule has 1 N–H and O–H groups in total. The van der Waals surface area contributed by atoms with Gasteiger partial charge in [0.25, 0.3) is 5.91 Å². The summed E-state index contributed by atoms with van der Waals surface area (Å²) in [6, 6.07) is 18.0. The van der Waals surface area contributed by atoms with E-state index in [4.69, 9.17) is 19.4 Å². The molecule has 1 fully saturated rings. The second-order valence-corrected chi connectivity index (χ2v) is 9.41. The number of nitrogens with zero attached hydrogens (tertiary/aromatic N) is 3. The molecule has 0 saturated carbocycles. The number of piperidine rings is 1. The zero-order valence-corrected chi connectivity index (χ0v) is 20.5. The summed E-state index contributed by atoms with van der Waals surface area (Å²) in [7, 11) is 0. The number of rotatable bonds is 4. The first-order chi connectivity index (χ1) is 18.0. The van der Waals surface area contributed by atoms with Gasteiger partial charge in [0.15, 0.2) is 11.5 Å². The zero-order valence-electron chi connectivity index (χ0n) is 20.5. The number of fused-ring (bicyclic) bond motifs is 2. The van der Waals surface area contributed by atoms with Gasteiger partial charge in [-0.1, -0.05) is 18.2 Å². The van der Waals surface area contributed by atoms with Gasteiger partial charge in [-0.2, -0.15) is 0 Å². The van der Waals surface area contributed by atoms with Gasteiger partial charge >= 0.3 is 0 Å². The van der Waals surface area contributed by atoms with Crippen LogP contribution < -0.4 is 14.8 Å². The van der Waals surface area contributed by atoms with E-state index in [0.717, 1.165) is 52.1 Å². The Morgan fingerprint density at radius 3 is 2.59 bits per heavy atom. The first-order valence-electron chi connectivity index (χ1n) is 12.5. The number of halogens is 1. The lowest BCUT2D eigenvalue weighted by molar-refractivity contribution is 0.0718. The Kier molecular flexibility index (Phi) is 6.08. The highest BCUT2D eigenvalue weighted by atomic mass is 19.1. The molecule has 0 unspecified atom stereocenters. The largest absolute Gasteiger partial charge is 0.486 e. The van der Waals surface area contributed by atoms with E-state index < -0.39 is 0 Å². The van der Waals surface area contributed by atoms with E-state index in [1.807, 2.05) is 42.2 Å². The topological polar surface area (TPSA) is 76.6 Å². The minimum atomic E-state index is -0.344. The highest BCUT2D eigenvalue weighted by Gasteiger charge is 2.24. The van der Waals surface area contributed by atoms with Crippen LogP contribution in [0.2, 0.25) is 0 Å². The summed E-state index contributed by atoms with van der Waals surface area (Å²) < 4.78 is 24.8. The van der Waals surface area contributed by atoms with Gasteiger partial charge in [-0.25, -0.2) is 14.4 Å². The predicted molar refractivity (Wildman–Crippen MR) is 140 cm³/mol. The summed E-state index contributed by atoms with van der Waals surface area (Å²) in [6.45, 7) is 4.32. The molecular weight excluding hydrogens is 471 g/mol. The van der Waals surface area contributed by atoms with Crippen LogP contribution in [0.5, 0.6) is 11.5 Å². The van der Waals surface area contributed by atoms with Gasteiger partial charge in [-0.05, 0) is 67.8 Å². The molecule has 188 valence electrons. The van der Waals surface area contributed by atoms with Crippen molar-refractivity contribution in [1.82, 2.24) is 14.9 Å². The summed E-state index contributed by atoms with van der Waals surface area (Å²) in [5.41, 5.74) is 4.28. The maximum absolute atomic E-state index is 13.2. The molecule has 1 aromatic heterocycles. The summed E-state index contributed by atoms with van der Waals surface area (Å²) in [6.07, 6.45) is 1.57. The van der Waals surface area contributed by atoms with E-state index in [2.05, 4.69) is 11.4 Å². The van der Waals surface area contributed by atoms with Gasteiger partial charge in [0.1, 0.15) is 19.0 Å². The monoisotopic (exact) mass is 498 g/mol. The number of carbonyl (C=O) groups excluding carboxylic acids is 1. The first kappa shape index (κ1) is 23.2. The number of likely N-dealkylation sites (tertiary alicyclic amines) is 1. The molecule has 6 rings (SSSR count). The third-order valence-corrected chi connectivity index (χ3v) is 6.97. The van der Waals surface area contributed by atoms with Crippen molar-refractivity contribution < 1.29 is 18.7 Å². The number of anilines is 1. The number of amides is 1. The third-order valence-electron chi connectivity index (χ3n) is 6.97. The lowest BCUT2D eigenvalue weighted by atomic mass is 10.0. The Bertz CT molecular complexity index is 1470. The van der Waals surface area contributed by atoms with Crippen LogP contribution in [0.1, 0.15) is 28.9 Å². The smallest absolute Gasteiger partial charge is 0.253 e. The fraction of sp³-hybridized carbons (Fsp3) is 0.276. The SMILES string of the molecule is Cc1nc(NC2CCN(C(=O)c3ccc(F)cc3)CC2)nc2ccc(-c3cccc4c3OCCO4)cc12. The lowest BCUT2D eigenvalue weighted by Gasteiger charge is -2.32. The zero-order chi connectivity index (χ0) is 25.4. The molecule has 0 spiro atoms. The lowest BCUT2D eigenvalue weighted by Crippen LogP contribution is -2.42. The van der Waals surface area contributed by atoms with Crippen LogP contribution in [-0.2, 0) is 0 Å². The van der Waals surface area contributed by atoms with E-state index in [1.165, 1.54) is 24.3 Å². The van der Waals surface area contributed by atoms with Crippen molar-refractivity contribution in [3.63, 3.8) is 0 Å². The van der Waals surface area contributed by atoms with E-state index in [0.29, 0.717) is 37.8 Å². The van der Waals surface area contributed by atoms with Crippen LogP contribution in [0.3, 0.4) is 0 Å². The molecular formula is C29H27FN4O3. The maximum Gasteiger partial charge on any atom is 0.253 e. The molecule has 3 heterocycles. The summed E-state index contributed by atoms with van der Waals surface area (Å²) >= 11 is 0. The van der Waals surface area contributed by atoms with Gasteiger partial charge in [0.2, 0.25) is 5.95 Å². The number of hydrogen-bond acceptors (Lipinski definition) is 6. The van der Waals surface area contributed by atoms with Crippen molar-refractivity contribution in [2.24, 2.45) is 0 Å². The van der Waals surface area contributed by atoms with Crippen molar-refractivity contribution >= 4 is 22.8 Å². The van der Waals surface area contributed by atoms with Crippen LogP contribution in [0.4, 0.5) is 10.3 Å². The molecule has 0 radical (unpaired) electrons. The molecule has 4 aromatic rings. The Morgan fingerprint density at radius 2 is 1.78 bits per heavy atom. The van der Waals surface area contributed by atoms with Gasteiger partial charge in [0, 0.05) is 35.6 Å². The number of carbonyl (C=O) groups is 1. The second kappa shape index (κ2) is 9.69. The number of nitrogens with one attached hydrogen (secondary N) is 1. The van der Waals surface area contributed by atoms with Gasteiger partial charge in [0.05, 0.1) is 11.2 Å². The quantitative estimate of drug-likeness (QED) is 0.415. The number of aryl methyl sites for hydroxylation is 1. The third kappa shape index (κ3) is 4.67. The predicted octanol–water partition coefficient (Wildman–Crippen LogP) is 5.23. The Hall–Kier alpha value is -4.20. The molecule has 7 nitrogen and oxygen atoms in total. The van der Waals surface area contributed by atoms with Crippen LogP contribution in [0.15, 0.2) is 60.7 Å². The second-order valence-electron chi connectivity index (χ2n) is 9.41. The van der Waals surface area contributed by atoms with Crippen molar-refractivity contribution in [3.8, 4) is 22.6 Å². The van der Waals surface area contributed by atoms with Crippen molar-refractivity contribution in [3.05, 3.63) is 77.7 Å². The molecule has 2 aliphatic heterocycles. The molecule has 0 aliphatic carbocycles. The molecule has 1 amide bonds. The average molecular weight is 499 g/mol. The minimum absolute atomic E-state index is 0.0660. The van der Waals surface area contributed by atoms with Crippen LogP contribution in [-0.4, -0.2) is 53.1 Å². The van der Waals surface area contributed by atoms with Crippen LogP contribution in [0, 0.1) is 12.7 Å². The Balaban J connectivity index is 1.16. The highest BCUT2D eigenvalue weighted by molar-refractivity contribution is 5.94. The van der Waals surface area contributed by atoms with Crippen molar-refractivity contribution in [2.75, 3.05) is 31.6 Å². The molecule has 0 atom stereocenters. The Morgan fingerprint density at radius 1 is 1.00 bits per heavy atom. The number of benzene rings is 3. The normalized spacial score (nSPS) is 15.6. The first-order valence-corrected chi connectivity index (χ1v) is 12.5. The number of aromatic nitrogens is 2. The number of hydrogen-bond donors (Lipinski definition) is 1. The summed E-state index contributed by atoms with van der Waals surface area (Å²) in [5.74, 6) is 1.72. The van der Waals surface area contributed by atoms with Gasteiger partial charge in [-0.3, -0.25) is 4.79 Å². The van der Waals surface area contributed by atoms with Gasteiger partial charge < -0.3 is 19.7 Å². The molecule has 37 heavy (non-hydrogen) atoms. The average Bonchev–Trinajstić information content (AvgIpc) is 2.93. The maximum atomic E-state index is 13.2.